The van der Waals surface area contributed by atoms with Gasteiger partial charge in [0.15, 0.2) is 0 Å². The summed E-state index contributed by atoms with van der Waals surface area (Å²) in [4.78, 5) is 15.9. The zero-order valence-electron chi connectivity index (χ0n) is 19.7. The van der Waals surface area contributed by atoms with Crippen LogP contribution >= 0.6 is 23.7 Å². The lowest BCUT2D eigenvalue weighted by atomic mass is 10.1. The van der Waals surface area contributed by atoms with E-state index in [1.54, 1.807) is 48.0 Å². The Labute approximate surface area is 210 Å². The highest BCUT2D eigenvalue weighted by atomic mass is 32.2. The van der Waals surface area contributed by atoms with Crippen molar-refractivity contribution in [2.75, 3.05) is 24.7 Å². The summed E-state index contributed by atoms with van der Waals surface area (Å²) in [5.74, 6) is 0.281. The van der Waals surface area contributed by atoms with Gasteiger partial charge in [-0.2, -0.15) is 0 Å². The maximum Gasteiger partial charge on any atom is 0.335 e. The van der Waals surface area contributed by atoms with Gasteiger partial charge in [-0.05, 0) is 74.1 Å². The average Bonchev–Trinajstić information content (AvgIpc) is 2.98. The lowest BCUT2D eigenvalue weighted by Gasteiger charge is -2.30. The second kappa shape index (κ2) is 11.2. The van der Waals surface area contributed by atoms with E-state index in [9.17, 15) is 9.90 Å². The summed E-state index contributed by atoms with van der Waals surface area (Å²) < 4.78 is 8.60. The number of benzene rings is 3. The van der Waals surface area contributed by atoms with Crippen LogP contribution in [0, 0.1) is 0 Å². The number of unbranched alkanes of at least 4 members (excludes halogenated alkanes) is 1. The van der Waals surface area contributed by atoms with Crippen molar-refractivity contribution in [3.05, 3.63) is 72.3 Å². The Morgan fingerprint density at radius 3 is 2.65 bits per heavy atom. The van der Waals surface area contributed by atoms with E-state index in [2.05, 4.69) is 59.6 Å². The van der Waals surface area contributed by atoms with E-state index < -0.39 is 5.97 Å². The minimum absolute atomic E-state index is 0.209. The van der Waals surface area contributed by atoms with Gasteiger partial charge in [-0.15, -0.1) is 11.8 Å². The largest absolute Gasteiger partial charge is 0.478 e. The van der Waals surface area contributed by atoms with Crippen LogP contribution in [0.1, 0.15) is 36.5 Å². The number of nitrogens with zero attached hydrogens (tertiary/aromatic N) is 2. The molecule has 0 fully saturated rings. The molecule has 1 unspecified atom stereocenters. The molecular weight excluding hydrogens is 464 g/mol. The molecule has 0 bridgehead atoms. The molecule has 0 saturated carbocycles. The number of hydrogen-bond acceptors (Lipinski definition) is 6. The fraction of sp³-hybridized carbons (Fsp3) is 0.296. The van der Waals surface area contributed by atoms with E-state index in [4.69, 9.17) is 4.74 Å². The zero-order valence-corrected chi connectivity index (χ0v) is 21.4. The number of carbonyl (C=O) groups is 1. The Bertz CT molecular complexity index is 1140. The van der Waals surface area contributed by atoms with Crippen LogP contribution in [0.15, 0.2) is 76.5 Å². The topological polar surface area (TPSA) is 53.0 Å². The van der Waals surface area contributed by atoms with Crippen LogP contribution in [0.3, 0.4) is 0 Å². The number of ether oxygens (including phenoxy) is 1. The molecule has 1 N–H and O–H groups in total. The molecule has 5 nitrogen and oxygen atoms in total. The van der Waals surface area contributed by atoms with Crippen molar-refractivity contribution in [3.63, 3.8) is 0 Å². The second-order valence-electron chi connectivity index (χ2n) is 8.29. The predicted octanol–water partition coefficient (Wildman–Crippen LogP) is 7.55. The number of para-hydroxylation sites is 1. The van der Waals surface area contributed by atoms with Crippen LogP contribution < -0.4 is 9.64 Å². The quantitative estimate of drug-likeness (QED) is 0.256. The molecule has 1 atom stereocenters. The first-order chi connectivity index (χ1) is 16.5. The molecule has 3 aromatic rings. The van der Waals surface area contributed by atoms with Gasteiger partial charge >= 0.3 is 5.97 Å². The molecule has 1 heterocycles. The molecule has 178 valence electrons. The monoisotopic (exact) mass is 494 g/mol. The van der Waals surface area contributed by atoms with Crippen molar-refractivity contribution < 1.29 is 14.6 Å². The molecular formula is C27H30N2O3S2. The maximum absolute atomic E-state index is 11.4. The van der Waals surface area contributed by atoms with Gasteiger partial charge in [-0.25, -0.2) is 9.10 Å². The fourth-order valence-electron chi connectivity index (χ4n) is 4.09. The van der Waals surface area contributed by atoms with E-state index in [0.29, 0.717) is 11.8 Å². The summed E-state index contributed by atoms with van der Waals surface area (Å²) in [7, 11) is 2.17. The van der Waals surface area contributed by atoms with E-state index in [1.165, 1.54) is 18.5 Å². The van der Waals surface area contributed by atoms with E-state index in [0.717, 1.165) is 34.2 Å². The Morgan fingerprint density at radius 1 is 1.15 bits per heavy atom. The highest BCUT2D eigenvalue weighted by Crippen LogP contribution is 2.46. The SMILES string of the molecule is CCCCC1CN(c2ccccc2)c2cc(SC)c(Oc3cccc(C(=O)O)c3)cc2SN1C. The first kappa shape index (κ1) is 24.5. The number of carboxylic acid groups (broad SMARTS) is 1. The van der Waals surface area contributed by atoms with Crippen LogP contribution in [0.25, 0.3) is 0 Å². The summed E-state index contributed by atoms with van der Waals surface area (Å²) in [6, 6.07) is 21.9. The molecule has 3 aromatic carbocycles. The molecule has 1 aliphatic heterocycles. The van der Waals surface area contributed by atoms with Gasteiger partial charge in [-0.1, -0.05) is 44.0 Å². The molecule has 7 heteroatoms. The van der Waals surface area contributed by atoms with Gasteiger partial charge < -0.3 is 14.7 Å². The van der Waals surface area contributed by atoms with Gasteiger partial charge in [0, 0.05) is 18.3 Å². The third-order valence-corrected chi connectivity index (χ3v) is 7.82. The lowest BCUT2D eigenvalue weighted by Crippen LogP contribution is -2.35. The highest BCUT2D eigenvalue weighted by molar-refractivity contribution is 7.98. The van der Waals surface area contributed by atoms with Gasteiger partial charge in [0.05, 0.1) is 21.0 Å². The Morgan fingerprint density at radius 2 is 1.94 bits per heavy atom. The maximum atomic E-state index is 11.4. The smallest absolute Gasteiger partial charge is 0.335 e. The number of fused-ring (bicyclic) bond motifs is 1. The minimum atomic E-state index is -0.966. The summed E-state index contributed by atoms with van der Waals surface area (Å²) >= 11 is 3.38. The summed E-state index contributed by atoms with van der Waals surface area (Å²) in [5.41, 5.74) is 2.55. The number of likely N-dealkylation sites (N-methyl/N-ethyl adjacent to an activating group) is 1. The van der Waals surface area contributed by atoms with Crippen LogP contribution in [0.2, 0.25) is 0 Å². The number of rotatable bonds is 8. The molecule has 0 radical (unpaired) electrons. The van der Waals surface area contributed by atoms with Gasteiger partial charge in [-0.3, -0.25) is 0 Å². The lowest BCUT2D eigenvalue weighted by molar-refractivity contribution is 0.0696. The first-order valence-electron chi connectivity index (χ1n) is 11.5. The Balaban J connectivity index is 1.76. The van der Waals surface area contributed by atoms with Crippen LogP contribution in [0.4, 0.5) is 11.4 Å². The number of anilines is 2. The standard InChI is InChI=1S/C27H30N2O3S2/c1-4-5-11-21-18-29(20-12-7-6-8-13-20)23-16-26(33-3)24(17-25(23)34-28(21)2)32-22-14-9-10-19(15-22)27(30)31/h6-10,12-17,21H,4-5,11,18H2,1-3H3,(H,30,31). The van der Waals surface area contributed by atoms with E-state index in [-0.39, 0.29) is 5.56 Å². The normalized spacial score (nSPS) is 16.1. The Hall–Kier alpha value is -2.61. The van der Waals surface area contributed by atoms with Crippen molar-refractivity contribution in [2.24, 2.45) is 0 Å². The second-order valence-corrected chi connectivity index (χ2v) is 10.3. The molecule has 0 aliphatic carbocycles. The minimum Gasteiger partial charge on any atom is -0.478 e. The van der Waals surface area contributed by atoms with E-state index in [1.807, 2.05) is 12.3 Å². The molecule has 0 saturated heterocycles. The van der Waals surface area contributed by atoms with Crippen LogP contribution in [-0.4, -0.2) is 41.3 Å². The third kappa shape index (κ3) is 5.54. The highest BCUT2D eigenvalue weighted by Gasteiger charge is 2.28. The fourth-order valence-corrected chi connectivity index (χ4v) is 5.68. The zero-order chi connectivity index (χ0) is 24.1. The van der Waals surface area contributed by atoms with Crippen LogP contribution in [-0.2, 0) is 0 Å². The van der Waals surface area contributed by atoms with Crippen molar-refractivity contribution in [3.8, 4) is 11.5 Å². The van der Waals surface area contributed by atoms with Crippen molar-refractivity contribution in [1.82, 2.24) is 4.31 Å². The van der Waals surface area contributed by atoms with Gasteiger partial charge in [0.1, 0.15) is 11.5 Å². The number of aromatic carboxylic acids is 1. The number of thioether (sulfide) groups is 1. The molecule has 1 aliphatic rings. The molecule has 0 amide bonds. The van der Waals surface area contributed by atoms with Crippen molar-refractivity contribution in [1.29, 1.82) is 0 Å². The summed E-state index contributed by atoms with van der Waals surface area (Å²) in [5, 5.41) is 9.34. The third-order valence-electron chi connectivity index (χ3n) is 5.95. The summed E-state index contributed by atoms with van der Waals surface area (Å²) in [6.45, 7) is 3.15. The number of carboxylic acids is 1. The summed E-state index contributed by atoms with van der Waals surface area (Å²) in [6.07, 6.45) is 5.55. The Kier molecular flexibility index (Phi) is 8.08. The van der Waals surface area contributed by atoms with Gasteiger partial charge in [0.2, 0.25) is 0 Å². The van der Waals surface area contributed by atoms with Crippen LogP contribution in [0.5, 0.6) is 11.5 Å². The molecule has 0 spiro atoms. The average molecular weight is 495 g/mol. The molecule has 4 rings (SSSR count). The van der Waals surface area contributed by atoms with Crippen molar-refractivity contribution in [2.45, 2.75) is 42.0 Å². The van der Waals surface area contributed by atoms with Crippen molar-refractivity contribution >= 4 is 41.1 Å². The van der Waals surface area contributed by atoms with Gasteiger partial charge in [0.25, 0.3) is 0 Å². The molecule has 34 heavy (non-hydrogen) atoms. The first-order valence-corrected chi connectivity index (χ1v) is 13.5. The van der Waals surface area contributed by atoms with E-state index >= 15 is 0 Å². The predicted molar refractivity (Wildman–Crippen MR) is 142 cm³/mol. The number of hydrogen-bond donors (Lipinski definition) is 1. The molecule has 0 aromatic heterocycles.